The Balaban J connectivity index is 0.000000376. The molecule has 2 nitrogen and oxygen atoms in total. The van der Waals surface area contributed by atoms with Crippen molar-refractivity contribution >= 4 is 45.7 Å². The zero-order valence-electron chi connectivity index (χ0n) is 15.1. The van der Waals surface area contributed by atoms with Gasteiger partial charge in [0.1, 0.15) is 5.65 Å². The standard InChI is InChI=1S/C14H15ClN2S.C4H4S.C2H6/c1-3-11(6-4-8-15)18-13-10(2)17-14-12(13)7-5-9-16-14;1-2-4-5-3-1;1-2/h3-7,9H,8H2,1-2H3,(H,16,17);1-4H;1-2H3/b6-4-,11-3+;;. The Morgan fingerprint density at radius 1 is 1.28 bits per heavy atom. The third kappa shape index (κ3) is 7.10. The summed E-state index contributed by atoms with van der Waals surface area (Å²) in [6.07, 6.45) is 7.89. The zero-order valence-corrected chi connectivity index (χ0v) is 17.5. The molecular weight excluding hydrogens is 368 g/mol. The fraction of sp³-hybridized carbons (Fsp3) is 0.250. The number of hydrogen-bond acceptors (Lipinski definition) is 3. The third-order valence-corrected chi connectivity index (χ3v) is 5.14. The highest BCUT2D eigenvalue weighted by Gasteiger charge is 2.10. The van der Waals surface area contributed by atoms with Crippen LogP contribution in [0.25, 0.3) is 11.0 Å². The molecule has 0 atom stereocenters. The van der Waals surface area contributed by atoms with Crippen LogP contribution in [0.3, 0.4) is 0 Å². The van der Waals surface area contributed by atoms with Gasteiger partial charge in [-0.05, 0) is 36.7 Å². The van der Waals surface area contributed by atoms with Gasteiger partial charge in [-0.15, -0.1) is 11.6 Å². The van der Waals surface area contributed by atoms with E-state index in [4.69, 9.17) is 11.6 Å². The molecular formula is C20H25ClN2S2. The molecule has 134 valence electrons. The number of thiophene rings is 1. The number of aromatic amines is 1. The zero-order chi connectivity index (χ0) is 18.5. The lowest BCUT2D eigenvalue weighted by molar-refractivity contribution is 1.21. The number of thioether (sulfide) groups is 1. The molecule has 0 unspecified atom stereocenters. The fourth-order valence-corrected chi connectivity index (χ4v) is 3.49. The molecule has 0 amide bonds. The third-order valence-electron chi connectivity index (χ3n) is 3.00. The molecule has 0 saturated carbocycles. The number of nitrogens with zero attached hydrogens (tertiary/aromatic N) is 1. The molecule has 3 aromatic rings. The van der Waals surface area contributed by atoms with Crippen molar-refractivity contribution < 1.29 is 0 Å². The maximum atomic E-state index is 5.67. The highest BCUT2D eigenvalue weighted by molar-refractivity contribution is 8.03. The molecule has 25 heavy (non-hydrogen) atoms. The first-order chi connectivity index (χ1) is 12.3. The Kier molecular flexibility index (Phi) is 11.0. The molecule has 3 heterocycles. The molecule has 3 aromatic heterocycles. The second kappa shape index (κ2) is 12.8. The lowest BCUT2D eigenvalue weighted by atomic mass is 10.3. The summed E-state index contributed by atoms with van der Waals surface area (Å²) in [6, 6.07) is 8.09. The number of pyridine rings is 1. The summed E-state index contributed by atoms with van der Waals surface area (Å²) in [5, 5.41) is 5.25. The van der Waals surface area contributed by atoms with Crippen molar-refractivity contribution in [3.63, 3.8) is 0 Å². The molecule has 0 aliphatic heterocycles. The van der Waals surface area contributed by atoms with E-state index in [1.165, 1.54) is 15.2 Å². The van der Waals surface area contributed by atoms with Gasteiger partial charge in [-0.3, -0.25) is 0 Å². The fourth-order valence-electron chi connectivity index (χ4n) is 1.95. The Labute approximate surface area is 164 Å². The number of aromatic nitrogens is 2. The average molecular weight is 393 g/mol. The van der Waals surface area contributed by atoms with Crippen LogP contribution in [-0.4, -0.2) is 15.8 Å². The van der Waals surface area contributed by atoms with E-state index in [9.17, 15) is 0 Å². The summed E-state index contributed by atoms with van der Waals surface area (Å²) in [4.78, 5) is 10.0. The molecule has 5 heteroatoms. The number of alkyl halides is 1. The number of nitrogens with one attached hydrogen (secondary N) is 1. The molecule has 0 radical (unpaired) electrons. The lowest BCUT2D eigenvalue weighted by Gasteiger charge is -2.02. The van der Waals surface area contributed by atoms with E-state index in [1.807, 2.05) is 61.9 Å². The van der Waals surface area contributed by atoms with Crippen LogP contribution in [0.4, 0.5) is 0 Å². The highest BCUT2D eigenvalue weighted by Crippen LogP contribution is 2.35. The topological polar surface area (TPSA) is 28.7 Å². The van der Waals surface area contributed by atoms with Crippen molar-refractivity contribution in [3.8, 4) is 0 Å². The Morgan fingerprint density at radius 2 is 2.00 bits per heavy atom. The van der Waals surface area contributed by atoms with Crippen LogP contribution in [0, 0.1) is 6.92 Å². The number of aryl methyl sites for hydroxylation is 1. The Bertz CT molecular complexity index is 757. The highest BCUT2D eigenvalue weighted by atomic mass is 35.5. The van der Waals surface area contributed by atoms with Crippen LogP contribution in [-0.2, 0) is 0 Å². The maximum absolute atomic E-state index is 5.67. The summed E-state index contributed by atoms with van der Waals surface area (Å²) in [5.41, 5.74) is 2.08. The minimum absolute atomic E-state index is 0.534. The smallest absolute Gasteiger partial charge is 0.138 e. The van der Waals surface area contributed by atoms with Gasteiger partial charge in [-0.2, -0.15) is 11.3 Å². The quantitative estimate of drug-likeness (QED) is 0.284. The van der Waals surface area contributed by atoms with Crippen molar-refractivity contribution in [1.29, 1.82) is 0 Å². The Hall–Kier alpha value is -1.49. The number of rotatable bonds is 4. The van der Waals surface area contributed by atoms with Crippen molar-refractivity contribution in [3.05, 3.63) is 70.0 Å². The van der Waals surface area contributed by atoms with Gasteiger partial charge >= 0.3 is 0 Å². The van der Waals surface area contributed by atoms with Gasteiger partial charge < -0.3 is 4.98 Å². The lowest BCUT2D eigenvalue weighted by Crippen LogP contribution is -1.76. The maximum Gasteiger partial charge on any atom is 0.138 e. The number of fused-ring (bicyclic) bond motifs is 1. The molecule has 0 spiro atoms. The van der Waals surface area contributed by atoms with E-state index in [0.29, 0.717) is 5.88 Å². The van der Waals surface area contributed by atoms with Crippen LogP contribution >= 0.6 is 34.7 Å². The van der Waals surface area contributed by atoms with Crippen LogP contribution in [0.15, 0.2) is 69.3 Å². The van der Waals surface area contributed by atoms with Crippen LogP contribution < -0.4 is 0 Å². The summed E-state index contributed by atoms with van der Waals surface area (Å²) >= 11 is 9.12. The van der Waals surface area contributed by atoms with E-state index in [1.54, 1.807) is 29.3 Å². The van der Waals surface area contributed by atoms with Gasteiger partial charge in [0.15, 0.2) is 0 Å². The van der Waals surface area contributed by atoms with Crippen molar-refractivity contribution in [2.75, 3.05) is 5.88 Å². The number of allylic oxidation sites excluding steroid dienone is 3. The first-order valence-corrected chi connectivity index (χ1v) is 10.5. The number of halogens is 1. The first kappa shape index (κ1) is 21.6. The van der Waals surface area contributed by atoms with Gasteiger partial charge in [-0.1, -0.05) is 56.0 Å². The molecule has 0 fully saturated rings. The van der Waals surface area contributed by atoms with E-state index in [2.05, 4.69) is 29.0 Å². The predicted molar refractivity (Wildman–Crippen MR) is 116 cm³/mol. The normalized spacial score (nSPS) is 11.0. The molecule has 3 rings (SSSR count). The molecule has 0 aliphatic rings. The minimum atomic E-state index is 0.534. The first-order valence-electron chi connectivity index (χ1n) is 8.23. The van der Waals surface area contributed by atoms with Crippen LogP contribution in [0.1, 0.15) is 26.5 Å². The van der Waals surface area contributed by atoms with Gasteiger partial charge in [0.25, 0.3) is 0 Å². The number of hydrogen-bond donors (Lipinski definition) is 1. The van der Waals surface area contributed by atoms with Gasteiger partial charge in [-0.25, -0.2) is 4.98 Å². The van der Waals surface area contributed by atoms with E-state index in [0.717, 1.165) is 11.3 Å². The largest absolute Gasteiger partial charge is 0.342 e. The molecule has 0 aromatic carbocycles. The van der Waals surface area contributed by atoms with Crippen LogP contribution in [0.2, 0.25) is 0 Å². The second-order valence-corrected chi connectivity index (χ2v) is 6.83. The van der Waals surface area contributed by atoms with E-state index in [-0.39, 0.29) is 0 Å². The average Bonchev–Trinajstić information content (AvgIpc) is 3.32. The predicted octanol–water partition coefficient (Wildman–Crippen LogP) is 7.44. The SMILES string of the molecule is C/C=C(\C=C/CCl)Sc1c(C)[nH]c2ncccc12.CC.c1ccsc1. The molecule has 1 N–H and O–H groups in total. The Morgan fingerprint density at radius 3 is 2.56 bits per heavy atom. The van der Waals surface area contributed by atoms with Gasteiger partial charge in [0, 0.05) is 33.0 Å². The summed E-state index contributed by atoms with van der Waals surface area (Å²) < 4.78 is 0. The van der Waals surface area contributed by atoms with Crippen molar-refractivity contribution in [2.24, 2.45) is 0 Å². The molecule has 0 aliphatic carbocycles. The minimum Gasteiger partial charge on any atom is -0.342 e. The van der Waals surface area contributed by atoms with E-state index < -0.39 is 0 Å². The van der Waals surface area contributed by atoms with Crippen molar-refractivity contribution in [2.45, 2.75) is 32.6 Å². The number of H-pyrrole nitrogens is 1. The summed E-state index contributed by atoms with van der Waals surface area (Å²) in [6.45, 7) is 8.10. The summed E-state index contributed by atoms with van der Waals surface area (Å²) in [7, 11) is 0. The second-order valence-electron chi connectivity index (χ2n) is 4.62. The van der Waals surface area contributed by atoms with Crippen LogP contribution in [0.5, 0.6) is 0 Å². The summed E-state index contributed by atoms with van der Waals surface area (Å²) in [5.74, 6) is 0.534. The molecule has 0 bridgehead atoms. The monoisotopic (exact) mass is 392 g/mol. The molecule has 0 saturated heterocycles. The van der Waals surface area contributed by atoms with Gasteiger partial charge in [0.2, 0.25) is 0 Å². The van der Waals surface area contributed by atoms with Crippen molar-refractivity contribution in [1.82, 2.24) is 9.97 Å². The van der Waals surface area contributed by atoms with E-state index >= 15 is 0 Å². The van der Waals surface area contributed by atoms with Gasteiger partial charge in [0.05, 0.1) is 0 Å².